The van der Waals surface area contributed by atoms with E-state index in [0.717, 1.165) is 6.42 Å². The predicted molar refractivity (Wildman–Crippen MR) is 75.2 cm³/mol. The Balaban J connectivity index is 2.24. The molecule has 0 fully saturated rings. The van der Waals surface area contributed by atoms with Gasteiger partial charge < -0.3 is 0 Å². The fourth-order valence-electron chi connectivity index (χ4n) is 2.37. The van der Waals surface area contributed by atoms with E-state index >= 15 is 0 Å². The van der Waals surface area contributed by atoms with Crippen LogP contribution >= 0.6 is 0 Å². The third kappa shape index (κ3) is 1.91. The first-order valence-electron chi connectivity index (χ1n) is 6.10. The molecule has 0 N–H and O–H groups in total. The largest absolute Gasteiger partial charge is 0.0772 e. The van der Waals surface area contributed by atoms with Crippen LogP contribution in [0.15, 0.2) is 48.1 Å². The zero-order valence-corrected chi connectivity index (χ0v) is 10.3. The van der Waals surface area contributed by atoms with Gasteiger partial charge in [0.1, 0.15) is 0 Å². The number of hydrogen-bond donors (Lipinski definition) is 0. The summed E-state index contributed by atoms with van der Waals surface area (Å²) in [5.74, 6) is 0. The van der Waals surface area contributed by atoms with E-state index in [9.17, 15) is 0 Å². The summed E-state index contributed by atoms with van der Waals surface area (Å²) in [6.45, 7) is 4.30. The number of rotatable bonds is 0. The highest BCUT2D eigenvalue weighted by atomic mass is 14.1. The lowest BCUT2D eigenvalue weighted by atomic mass is 9.98. The quantitative estimate of drug-likeness (QED) is 0.605. The molecule has 3 rings (SSSR count). The SMILES string of the molecule is CC1=CCc2cc3ccc(C)cc3cc2C=C1. The van der Waals surface area contributed by atoms with E-state index in [2.05, 4.69) is 62.4 Å². The van der Waals surface area contributed by atoms with Gasteiger partial charge in [-0.25, -0.2) is 0 Å². The number of allylic oxidation sites excluding steroid dienone is 3. The molecule has 0 unspecified atom stereocenters. The monoisotopic (exact) mass is 220 g/mol. The Kier molecular flexibility index (Phi) is 2.36. The van der Waals surface area contributed by atoms with E-state index < -0.39 is 0 Å². The summed E-state index contributed by atoms with van der Waals surface area (Å²) in [4.78, 5) is 0. The first-order chi connectivity index (χ1) is 8.22. The van der Waals surface area contributed by atoms with Crippen LogP contribution in [0.1, 0.15) is 23.6 Å². The molecule has 1 aliphatic carbocycles. The smallest absolute Gasteiger partial charge is 0.00856 e. The molecule has 0 aliphatic heterocycles. The highest BCUT2D eigenvalue weighted by Gasteiger charge is 2.04. The molecule has 0 spiro atoms. The summed E-state index contributed by atoms with van der Waals surface area (Å²) < 4.78 is 0. The minimum absolute atomic E-state index is 1.04. The van der Waals surface area contributed by atoms with Crippen LogP contribution < -0.4 is 0 Å². The maximum Gasteiger partial charge on any atom is -0.00856 e. The minimum Gasteiger partial charge on any atom is -0.0772 e. The van der Waals surface area contributed by atoms with E-state index in [-0.39, 0.29) is 0 Å². The van der Waals surface area contributed by atoms with Gasteiger partial charge in [0.05, 0.1) is 0 Å². The van der Waals surface area contributed by atoms with Crippen molar-refractivity contribution in [1.29, 1.82) is 0 Å². The average molecular weight is 220 g/mol. The Hall–Kier alpha value is -1.82. The third-order valence-electron chi connectivity index (χ3n) is 3.42. The van der Waals surface area contributed by atoms with Crippen molar-refractivity contribution < 1.29 is 0 Å². The van der Waals surface area contributed by atoms with Crippen molar-refractivity contribution in [2.24, 2.45) is 0 Å². The van der Waals surface area contributed by atoms with Crippen LogP contribution in [0.3, 0.4) is 0 Å². The molecule has 2 aromatic rings. The van der Waals surface area contributed by atoms with Crippen LogP contribution in [0.4, 0.5) is 0 Å². The maximum absolute atomic E-state index is 2.32. The van der Waals surface area contributed by atoms with Crippen molar-refractivity contribution in [2.45, 2.75) is 20.3 Å². The molecule has 0 atom stereocenters. The summed E-state index contributed by atoms with van der Waals surface area (Å²) in [5.41, 5.74) is 5.46. The first kappa shape index (κ1) is 10.3. The van der Waals surface area contributed by atoms with Gasteiger partial charge in [-0.05, 0) is 48.2 Å². The lowest BCUT2D eigenvalue weighted by molar-refractivity contribution is 1.25. The van der Waals surface area contributed by atoms with Crippen LogP contribution in [0.2, 0.25) is 0 Å². The van der Waals surface area contributed by atoms with Crippen molar-refractivity contribution in [3.63, 3.8) is 0 Å². The van der Waals surface area contributed by atoms with Gasteiger partial charge in [-0.2, -0.15) is 0 Å². The fraction of sp³-hybridized carbons (Fsp3) is 0.176. The van der Waals surface area contributed by atoms with E-state index in [1.54, 1.807) is 0 Å². The minimum atomic E-state index is 1.04. The van der Waals surface area contributed by atoms with Gasteiger partial charge in [-0.1, -0.05) is 53.6 Å². The Bertz CT molecular complexity index is 642. The lowest BCUT2D eigenvalue weighted by Gasteiger charge is -2.07. The summed E-state index contributed by atoms with van der Waals surface area (Å²) in [5, 5.41) is 2.68. The number of hydrogen-bond acceptors (Lipinski definition) is 0. The second kappa shape index (κ2) is 3.89. The van der Waals surface area contributed by atoms with Crippen LogP contribution in [0.25, 0.3) is 16.8 Å². The predicted octanol–water partition coefficient (Wildman–Crippen LogP) is 4.66. The highest BCUT2D eigenvalue weighted by molar-refractivity contribution is 5.87. The van der Waals surface area contributed by atoms with Crippen molar-refractivity contribution >= 4 is 16.8 Å². The van der Waals surface area contributed by atoms with E-state index in [1.807, 2.05) is 0 Å². The maximum atomic E-state index is 2.32. The van der Waals surface area contributed by atoms with Crippen molar-refractivity contribution in [1.82, 2.24) is 0 Å². The third-order valence-corrected chi connectivity index (χ3v) is 3.42. The highest BCUT2D eigenvalue weighted by Crippen LogP contribution is 2.25. The number of fused-ring (bicyclic) bond motifs is 2. The Morgan fingerprint density at radius 2 is 1.76 bits per heavy atom. The van der Waals surface area contributed by atoms with Gasteiger partial charge in [-0.15, -0.1) is 0 Å². The molecule has 0 saturated heterocycles. The average Bonchev–Trinajstić information content (AvgIpc) is 2.49. The molecule has 0 heterocycles. The van der Waals surface area contributed by atoms with Crippen LogP contribution in [-0.4, -0.2) is 0 Å². The van der Waals surface area contributed by atoms with Crippen LogP contribution in [0.5, 0.6) is 0 Å². The molecule has 0 radical (unpaired) electrons. The Morgan fingerprint density at radius 3 is 2.65 bits per heavy atom. The first-order valence-corrected chi connectivity index (χ1v) is 6.10. The normalized spacial score (nSPS) is 14.4. The van der Waals surface area contributed by atoms with E-state index in [4.69, 9.17) is 0 Å². The molecule has 17 heavy (non-hydrogen) atoms. The van der Waals surface area contributed by atoms with E-state index in [0.29, 0.717) is 0 Å². The molecule has 0 heteroatoms. The number of benzene rings is 2. The lowest BCUT2D eigenvalue weighted by Crippen LogP contribution is -1.87. The Labute approximate surface area is 102 Å². The van der Waals surface area contributed by atoms with E-state index in [1.165, 1.54) is 33.0 Å². The summed E-state index contributed by atoms with van der Waals surface area (Å²) in [6, 6.07) is 11.3. The van der Waals surface area contributed by atoms with Gasteiger partial charge in [0.15, 0.2) is 0 Å². The van der Waals surface area contributed by atoms with Gasteiger partial charge in [0, 0.05) is 0 Å². The van der Waals surface area contributed by atoms with Crippen LogP contribution in [0, 0.1) is 6.92 Å². The molecule has 2 aromatic carbocycles. The fourth-order valence-corrected chi connectivity index (χ4v) is 2.37. The van der Waals surface area contributed by atoms with Gasteiger partial charge in [-0.3, -0.25) is 0 Å². The van der Waals surface area contributed by atoms with Gasteiger partial charge in [0.2, 0.25) is 0 Å². The molecular formula is C17H16. The summed E-state index contributed by atoms with van der Waals surface area (Å²) in [7, 11) is 0. The van der Waals surface area contributed by atoms with Crippen LogP contribution in [-0.2, 0) is 6.42 Å². The second-order valence-electron chi connectivity index (χ2n) is 4.89. The summed E-state index contributed by atoms with van der Waals surface area (Å²) >= 11 is 0. The molecular weight excluding hydrogens is 204 g/mol. The molecule has 0 bridgehead atoms. The second-order valence-corrected chi connectivity index (χ2v) is 4.89. The Morgan fingerprint density at radius 1 is 0.882 bits per heavy atom. The topological polar surface area (TPSA) is 0 Å². The molecule has 1 aliphatic rings. The molecule has 84 valence electrons. The van der Waals surface area contributed by atoms with Crippen molar-refractivity contribution in [3.05, 3.63) is 64.7 Å². The standard InChI is InChI=1S/C17H16/c1-12-3-6-14-10-16-8-5-13(2)9-17(16)11-15(14)7-4-12/h3-5,7-11H,6H2,1-2H3. The van der Waals surface area contributed by atoms with Gasteiger partial charge >= 0.3 is 0 Å². The summed E-state index contributed by atoms with van der Waals surface area (Å²) in [6.07, 6.45) is 7.77. The molecule has 0 aromatic heterocycles. The molecule has 0 nitrogen and oxygen atoms in total. The van der Waals surface area contributed by atoms with Crippen molar-refractivity contribution in [3.8, 4) is 0 Å². The van der Waals surface area contributed by atoms with Crippen molar-refractivity contribution in [2.75, 3.05) is 0 Å². The van der Waals surface area contributed by atoms with Gasteiger partial charge in [0.25, 0.3) is 0 Å². The zero-order valence-electron chi connectivity index (χ0n) is 10.3. The molecule has 0 amide bonds. The molecule has 0 saturated carbocycles. The zero-order chi connectivity index (χ0) is 11.8. The number of aryl methyl sites for hydroxylation is 1.